The van der Waals surface area contributed by atoms with E-state index in [1.165, 1.54) is 11.8 Å². The second-order valence-corrected chi connectivity index (χ2v) is 9.46. The third-order valence-electron chi connectivity index (χ3n) is 4.82. The van der Waals surface area contributed by atoms with E-state index >= 15 is 0 Å². The number of thioether (sulfide) groups is 1. The number of hydrogen-bond donors (Lipinski definition) is 2. The van der Waals surface area contributed by atoms with Crippen molar-refractivity contribution >= 4 is 39.2 Å². The zero-order chi connectivity index (χ0) is 19.4. The van der Waals surface area contributed by atoms with Crippen LogP contribution in [0.5, 0.6) is 0 Å². The molecule has 2 aromatic rings. The van der Waals surface area contributed by atoms with Gasteiger partial charge in [0.25, 0.3) is 5.56 Å². The van der Waals surface area contributed by atoms with Crippen LogP contribution in [0, 0.1) is 18.8 Å². The van der Waals surface area contributed by atoms with Crippen molar-refractivity contribution in [2.75, 3.05) is 5.75 Å². The van der Waals surface area contributed by atoms with Gasteiger partial charge in [0.2, 0.25) is 5.91 Å². The van der Waals surface area contributed by atoms with Crippen molar-refractivity contribution in [3.05, 3.63) is 20.8 Å². The number of H-pyrrole nitrogens is 1. The van der Waals surface area contributed by atoms with Crippen LogP contribution in [0.4, 0.5) is 0 Å². The number of fused-ring (bicyclic) bond motifs is 1. The Bertz CT molecular complexity index is 826. The van der Waals surface area contributed by atoms with Gasteiger partial charge in [0.05, 0.1) is 11.1 Å². The normalized spacial score (nSPS) is 14.0. The molecule has 0 bridgehead atoms. The van der Waals surface area contributed by atoms with E-state index < -0.39 is 0 Å². The number of aromatic nitrogens is 2. The minimum atomic E-state index is -0.101. The molecule has 7 heteroatoms. The van der Waals surface area contributed by atoms with Crippen LogP contribution >= 0.6 is 23.1 Å². The zero-order valence-electron chi connectivity index (χ0n) is 16.4. The lowest BCUT2D eigenvalue weighted by atomic mass is 9.98. The maximum absolute atomic E-state index is 12.6. The third-order valence-corrected chi connectivity index (χ3v) is 6.73. The quantitative estimate of drug-likeness (QED) is 0.520. The van der Waals surface area contributed by atoms with Gasteiger partial charge in [0.15, 0.2) is 5.16 Å². The van der Waals surface area contributed by atoms with E-state index in [-0.39, 0.29) is 23.3 Å². The van der Waals surface area contributed by atoms with Gasteiger partial charge in [-0.2, -0.15) is 0 Å². The van der Waals surface area contributed by atoms with Gasteiger partial charge in [0, 0.05) is 10.9 Å². The highest BCUT2D eigenvalue weighted by Crippen LogP contribution is 2.30. The molecule has 5 nitrogen and oxygen atoms in total. The van der Waals surface area contributed by atoms with Crippen LogP contribution in [0.15, 0.2) is 9.95 Å². The molecular formula is C19H29N3O2S2. The maximum atomic E-state index is 12.6. The molecule has 0 fully saturated rings. The highest BCUT2D eigenvalue weighted by atomic mass is 32.2. The molecule has 0 aromatic carbocycles. The average molecular weight is 396 g/mol. The summed E-state index contributed by atoms with van der Waals surface area (Å²) in [5.74, 6) is 1.12. The largest absolute Gasteiger partial charge is 0.353 e. The molecule has 0 spiro atoms. The van der Waals surface area contributed by atoms with Crippen LogP contribution in [0.2, 0.25) is 0 Å². The Hall–Kier alpha value is -1.34. The fourth-order valence-electron chi connectivity index (χ4n) is 2.56. The van der Waals surface area contributed by atoms with Crippen LogP contribution in [-0.4, -0.2) is 27.7 Å². The van der Waals surface area contributed by atoms with Crippen LogP contribution < -0.4 is 10.9 Å². The number of thiophene rings is 1. The van der Waals surface area contributed by atoms with Gasteiger partial charge < -0.3 is 10.3 Å². The summed E-state index contributed by atoms with van der Waals surface area (Å²) in [6.45, 7) is 12.6. The summed E-state index contributed by atoms with van der Waals surface area (Å²) < 4.78 is 0. The number of nitrogens with one attached hydrogen (secondary N) is 2. The summed E-state index contributed by atoms with van der Waals surface area (Å²) in [5, 5.41) is 4.19. The molecule has 2 N–H and O–H groups in total. The molecule has 0 unspecified atom stereocenters. The van der Waals surface area contributed by atoms with Crippen molar-refractivity contribution in [2.24, 2.45) is 11.8 Å². The number of carbonyl (C=O) groups is 1. The first-order valence-electron chi connectivity index (χ1n) is 9.17. The first-order valence-corrected chi connectivity index (χ1v) is 11.0. The second kappa shape index (κ2) is 9.04. The first-order chi connectivity index (χ1) is 12.2. The van der Waals surface area contributed by atoms with Crippen LogP contribution in [0.25, 0.3) is 10.2 Å². The van der Waals surface area contributed by atoms with E-state index in [1.54, 1.807) is 11.3 Å². The smallest absolute Gasteiger partial charge is 0.260 e. The lowest BCUT2D eigenvalue weighted by Gasteiger charge is -2.17. The van der Waals surface area contributed by atoms with Crippen molar-refractivity contribution in [1.82, 2.24) is 15.3 Å². The molecule has 0 aliphatic rings. The third kappa shape index (κ3) is 5.10. The number of aromatic amines is 1. The Morgan fingerprint density at radius 1 is 1.31 bits per heavy atom. The maximum Gasteiger partial charge on any atom is 0.260 e. The molecule has 0 saturated heterocycles. The highest BCUT2D eigenvalue weighted by molar-refractivity contribution is 7.99. The lowest BCUT2D eigenvalue weighted by Crippen LogP contribution is -2.37. The molecule has 0 radical (unpaired) electrons. The monoisotopic (exact) mass is 395 g/mol. The Balaban J connectivity index is 2.16. The summed E-state index contributed by atoms with van der Waals surface area (Å²) >= 11 is 2.84. The molecule has 2 rings (SSSR count). The van der Waals surface area contributed by atoms with Gasteiger partial charge in [-0.1, -0.05) is 45.9 Å². The second-order valence-electron chi connectivity index (χ2n) is 7.29. The van der Waals surface area contributed by atoms with Crippen molar-refractivity contribution in [3.63, 3.8) is 0 Å². The molecule has 2 atom stereocenters. The molecule has 26 heavy (non-hydrogen) atoms. The Labute approximate surface area is 163 Å². The van der Waals surface area contributed by atoms with E-state index in [9.17, 15) is 9.59 Å². The van der Waals surface area contributed by atoms with Gasteiger partial charge >= 0.3 is 0 Å². The van der Waals surface area contributed by atoms with Gasteiger partial charge in [-0.3, -0.25) is 9.59 Å². The Morgan fingerprint density at radius 3 is 2.62 bits per heavy atom. The van der Waals surface area contributed by atoms with Crippen molar-refractivity contribution in [1.29, 1.82) is 0 Å². The zero-order valence-corrected chi connectivity index (χ0v) is 18.1. The topological polar surface area (TPSA) is 74.8 Å². The summed E-state index contributed by atoms with van der Waals surface area (Å²) in [4.78, 5) is 34.0. The van der Waals surface area contributed by atoms with Crippen LogP contribution in [-0.2, 0) is 11.2 Å². The van der Waals surface area contributed by atoms with Gasteiger partial charge in [-0.25, -0.2) is 4.98 Å². The van der Waals surface area contributed by atoms with E-state index in [1.807, 2.05) is 6.92 Å². The van der Waals surface area contributed by atoms with E-state index in [0.717, 1.165) is 33.5 Å². The van der Waals surface area contributed by atoms with E-state index in [0.29, 0.717) is 17.0 Å². The fraction of sp³-hybridized carbons (Fsp3) is 0.632. The summed E-state index contributed by atoms with van der Waals surface area (Å²) in [6.07, 6.45) is 1.98. The Kier molecular flexibility index (Phi) is 7.29. The summed E-state index contributed by atoms with van der Waals surface area (Å²) in [7, 11) is 0. The number of amides is 1. The van der Waals surface area contributed by atoms with Crippen LogP contribution in [0.1, 0.15) is 51.5 Å². The van der Waals surface area contributed by atoms with Crippen molar-refractivity contribution in [3.8, 4) is 0 Å². The standard InChI is InChI=1S/C19H29N3O2S2/c1-7-11(4)8-14-13(6)26-18-16(14)17(24)21-19(22-18)25-9-15(23)20-12(5)10(2)3/h10-12H,7-9H2,1-6H3,(H,20,23)(H,21,22,24)/t11-,12-/m0/s1. The molecule has 2 heterocycles. The van der Waals surface area contributed by atoms with Gasteiger partial charge in [-0.15, -0.1) is 11.3 Å². The Morgan fingerprint density at radius 2 is 2.00 bits per heavy atom. The predicted octanol–water partition coefficient (Wildman–Crippen LogP) is 4.13. The van der Waals surface area contributed by atoms with E-state index in [2.05, 4.69) is 49.9 Å². The molecule has 0 aliphatic heterocycles. The number of hydrogen-bond acceptors (Lipinski definition) is 5. The minimum Gasteiger partial charge on any atom is -0.353 e. The lowest BCUT2D eigenvalue weighted by molar-refractivity contribution is -0.119. The minimum absolute atomic E-state index is 0.0428. The average Bonchev–Trinajstić information content (AvgIpc) is 2.88. The van der Waals surface area contributed by atoms with E-state index in [4.69, 9.17) is 0 Å². The molecule has 1 amide bonds. The molecule has 0 aliphatic carbocycles. The van der Waals surface area contributed by atoms with Crippen LogP contribution in [0.3, 0.4) is 0 Å². The molecular weight excluding hydrogens is 366 g/mol. The number of nitrogens with zero attached hydrogens (tertiary/aromatic N) is 1. The number of aryl methyl sites for hydroxylation is 1. The molecule has 2 aromatic heterocycles. The summed E-state index contributed by atoms with van der Waals surface area (Å²) in [5.41, 5.74) is 1.02. The SMILES string of the molecule is CC[C@H](C)Cc1c(C)sc2nc(SCC(=O)N[C@@H](C)C(C)C)[nH]c(=O)c12. The first kappa shape index (κ1) is 21.0. The van der Waals surface area contributed by atoms with Gasteiger partial charge in [0.1, 0.15) is 4.83 Å². The summed E-state index contributed by atoms with van der Waals surface area (Å²) in [6, 6.07) is 0.126. The molecule has 0 saturated carbocycles. The molecule has 144 valence electrons. The highest BCUT2D eigenvalue weighted by Gasteiger charge is 2.17. The van der Waals surface area contributed by atoms with Crippen molar-refractivity contribution in [2.45, 2.75) is 65.6 Å². The van der Waals surface area contributed by atoms with Crippen molar-refractivity contribution < 1.29 is 4.79 Å². The fourth-order valence-corrected chi connectivity index (χ4v) is 4.34. The number of carbonyl (C=O) groups excluding carboxylic acids is 1. The van der Waals surface area contributed by atoms with Gasteiger partial charge in [-0.05, 0) is 37.7 Å². The predicted molar refractivity (Wildman–Crippen MR) is 111 cm³/mol. The number of rotatable bonds is 8.